The van der Waals surface area contributed by atoms with Crippen LogP contribution in [0.15, 0.2) is 12.2 Å². The van der Waals surface area contributed by atoms with Gasteiger partial charge in [-0.3, -0.25) is 8.74 Å². The third-order valence-corrected chi connectivity index (χ3v) is 2.19. The Morgan fingerprint density at radius 3 is 1.50 bits per heavy atom. The predicted molar refractivity (Wildman–Crippen MR) is 72.9 cm³/mol. The van der Waals surface area contributed by atoms with Crippen molar-refractivity contribution in [3.05, 3.63) is 12.2 Å². The standard InChI is InChI=1S/C7H13NO2.CH4O4S.4H2O/c1-5(7(9)10)6(2)8(3)4;1-5-6(2,3)4;;;;/h6H,1H2,2-4H3,(H,9,10);1H3,(H,2,3,4);4*1H2. The molecule has 0 saturated heterocycles. The van der Waals surface area contributed by atoms with Gasteiger partial charge in [0.05, 0.1) is 7.11 Å². The Morgan fingerprint density at radius 1 is 1.20 bits per heavy atom. The van der Waals surface area contributed by atoms with Crippen molar-refractivity contribution in [1.82, 2.24) is 4.90 Å². The van der Waals surface area contributed by atoms with E-state index in [1.165, 1.54) is 0 Å². The lowest BCUT2D eigenvalue weighted by Gasteiger charge is -2.18. The quantitative estimate of drug-likeness (QED) is 0.394. The lowest BCUT2D eigenvalue weighted by Crippen LogP contribution is -2.29. The summed E-state index contributed by atoms with van der Waals surface area (Å²) in [4.78, 5) is 12.1. The Bertz CT molecular complexity index is 339. The molecular weight excluding hydrogens is 302 g/mol. The Labute approximate surface area is 117 Å². The van der Waals surface area contributed by atoms with Crippen LogP contribution in [-0.4, -0.2) is 78.1 Å². The summed E-state index contributed by atoms with van der Waals surface area (Å²) in [6.45, 7) is 5.24. The third-order valence-electron chi connectivity index (χ3n) is 1.76. The first-order valence-electron chi connectivity index (χ1n) is 4.14. The maximum absolute atomic E-state index is 10.3. The van der Waals surface area contributed by atoms with Gasteiger partial charge in [0.2, 0.25) is 0 Å². The molecular formula is C8H25NO10S. The van der Waals surface area contributed by atoms with Crippen LogP contribution in [0.3, 0.4) is 0 Å². The Morgan fingerprint density at radius 2 is 1.45 bits per heavy atom. The minimum Gasteiger partial charge on any atom is -0.478 e. The van der Waals surface area contributed by atoms with Gasteiger partial charge >= 0.3 is 16.4 Å². The molecule has 0 saturated carbocycles. The van der Waals surface area contributed by atoms with E-state index < -0.39 is 16.4 Å². The van der Waals surface area contributed by atoms with E-state index in [0.29, 0.717) is 0 Å². The highest BCUT2D eigenvalue weighted by Gasteiger charge is 2.14. The van der Waals surface area contributed by atoms with Crippen LogP contribution >= 0.6 is 0 Å². The molecule has 0 aliphatic carbocycles. The summed E-state index contributed by atoms with van der Waals surface area (Å²) >= 11 is 0. The van der Waals surface area contributed by atoms with Crippen molar-refractivity contribution in [2.24, 2.45) is 0 Å². The van der Waals surface area contributed by atoms with Crippen molar-refractivity contribution in [1.29, 1.82) is 0 Å². The summed E-state index contributed by atoms with van der Waals surface area (Å²) < 4.78 is 29.7. The molecule has 0 aliphatic rings. The molecule has 0 aromatic carbocycles. The number of nitrogens with zero attached hydrogens (tertiary/aromatic N) is 1. The maximum atomic E-state index is 10.3. The van der Waals surface area contributed by atoms with E-state index in [4.69, 9.17) is 9.66 Å². The second-order valence-electron chi connectivity index (χ2n) is 3.06. The third kappa shape index (κ3) is 22.1. The van der Waals surface area contributed by atoms with Gasteiger partial charge in [-0.2, -0.15) is 8.42 Å². The fourth-order valence-corrected chi connectivity index (χ4v) is 0.490. The first-order valence-corrected chi connectivity index (χ1v) is 5.51. The van der Waals surface area contributed by atoms with E-state index in [1.54, 1.807) is 11.8 Å². The van der Waals surface area contributed by atoms with Gasteiger partial charge in [-0.25, -0.2) is 4.79 Å². The summed E-state index contributed by atoms with van der Waals surface area (Å²) in [5, 5.41) is 8.48. The van der Waals surface area contributed by atoms with E-state index in [0.717, 1.165) is 7.11 Å². The average molecular weight is 327 g/mol. The van der Waals surface area contributed by atoms with Crippen molar-refractivity contribution >= 4 is 16.4 Å². The molecule has 0 heterocycles. The zero-order chi connectivity index (χ0) is 13.5. The molecule has 0 rings (SSSR count). The molecule has 10 N–H and O–H groups in total. The summed E-state index contributed by atoms with van der Waals surface area (Å²) in [5.41, 5.74) is 0.227. The Hall–Kier alpha value is -1.12. The highest BCUT2D eigenvalue weighted by molar-refractivity contribution is 7.80. The van der Waals surface area contributed by atoms with Crippen molar-refractivity contribution in [2.45, 2.75) is 13.0 Å². The highest BCUT2D eigenvalue weighted by atomic mass is 32.3. The fraction of sp³-hybridized carbons (Fsp3) is 0.625. The van der Waals surface area contributed by atoms with Crippen molar-refractivity contribution in [3.8, 4) is 0 Å². The molecule has 0 fully saturated rings. The molecule has 11 nitrogen and oxygen atoms in total. The summed E-state index contributed by atoms with van der Waals surface area (Å²) in [6.07, 6.45) is 0. The molecule has 1 unspecified atom stereocenters. The van der Waals surface area contributed by atoms with Gasteiger partial charge in [0.25, 0.3) is 0 Å². The molecule has 0 amide bonds. The smallest absolute Gasteiger partial charge is 0.397 e. The molecule has 12 heteroatoms. The molecule has 0 aromatic heterocycles. The van der Waals surface area contributed by atoms with Crippen LogP contribution in [0.2, 0.25) is 0 Å². The zero-order valence-corrected chi connectivity index (χ0v) is 12.5. The van der Waals surface area contributed by atoms with Crippen molar-refractivity contribution in [3.63, 3.8) is 0 Å². The van der Waals surface area contributed by atoms with Gasteiger partial charge < -0.3 is 31.9 Å². The monoisotopic (exact) mass is 327 g/mol. The van der Waals surface area contributed by atoms with Crippen LogP contribution in [0, 0.1) is 0 Å². The number of hydrogen-bond acceptors (Lipinski definition) is 5. The first kappa shape index (κ1) is 36.4. The first-order chi connectivity index (χ1) is 7.02. The molecule has 0 aliphatic heterocycles. The van der Waals surface area contributed by atoms with Crippen molar-refractivity contribution < 1.29 is 49.0 Å². The van der Waals surface area contributed by atoms with Gasteiger partial charge in [0.1, 0.15) is 0 Å². The van der Waals surface area contributed by atoms with Gasteiger partial charge in [-0.15, -0.1) is 0 Å². The Balaban J connectivity index is -0.0000000440. The van der Waals surface area contributed by atoms with E-state index in [9.17, 15) is 13.2 Å². The van der Waals surface area contributed by atoms with Crippen LogP contribution in [-0.2, 0) is 19.4 Å². The maximum Gasteiger partial charge on any atom is 0.397 e. The lowest BCUT2D eigenvalue weighted by molar-refractivity contribution is -0.133. The summed E-state index contributed by atoms with van der Waals surface area (Å²) in [7, 11) is 0.345. The molecule has 20 heavy (non-hydrogen) atoms. The molecule has 0 spiro atoms. The molecule has 1 atom stereocenters. The topological polar surface area (TPSA) is 230 Å². The number of carbonyl (C=O) groups is 1. The fourth-order valence-electron chi connectivity index (χ4n) is 0.490. The summed E-state index contributed by atoms with van der Waals surface area (Å²) in [5.74, 6) is -0.929. The number of likely N-dealkylation sites (N-methyl/N-ethyl adjacent to an activating group) is 1. The molecule has 0 radical (unpaired) electrons. The minimum absolute atomic E-state index is 0. The van der Waals surface area contributed by atoms with E-state index in [1.807, 2.05) is 14.1 Å². The van der Waals surface area contributed by atoms with Crippen molar-refractivity contribution in [2.75, 3.05) is 21.2 Å². The van der Waals surface area contributed by atoms with Crippen LogP contribution in [0.5, 0.6) is 0 Å². The molecule has 0 aromatic rings. The minimum atomic E-state index is -4.16. The normalized spacial score (nSPS) is 10.1. The Kier molecular flexibility index (Phi) is 29.0. The van der Waals surface area contributed by atoms with Crippen LogP contribution in [0.4, 0.5) is 0 Å². The molecule has 0 bridgehead atoms. The number of carboxylic acids is 1. The van der Waals surface area contributed by atoms with Gasteiger partial charge in [0.15, 0.2) is 0 Å². The van der Waals surface area contributed by atoms with E-state index in [2.05, 4.69) is 10.8 Å². The van der Waals surface area contributed by atoms with Gasteiger partial charge in [0, 0.05) is 11.6 Å². The summed E-state index contributed by atoms with van der Waals surface area (Å²) in [6, 6.07) is -0.0995. The van der Waals surface area contributed by atoms with Crippen LogP contribution in [0.1, 0.15) is 6.92 Å². The number of aliphatic carboxylic acids is 1. The van der Waals surface area contributed by atoms with E-state index >= 15 is 0 Å². The molecule has 128 valence electrons. The average Bonchev–Trinajstić information content (AvgIpc) is 2.15. The number of hydrogen-bond donors (Lipinski definition) is 2. The van der Waals surface area contributed by atoms with E-state index in [-0.39, 0.29) is 33.5 Å². The SMILES string of the molecule is C=C(C(=O)O)C(C)N(C)C.COS(=O)(=O)O.O.O.O.O. The zero-order valence-electron chi connectivity index (χ0n) is 11.7. The van der Waals surface area contributed by atoms with Crippen LogP contribution in [0.25, 0.3) is 0 Å². The largest absolute Gasteiger partial charge is 0.478 e. The lowest BCUT2D eigenvalue weighted by atomic mass is 10.1. The second kappa shape index (κ2) is 15.9. The number of rotatable bonds is 4. The second-order valence-corrected chi connectivity index (χ2v) is 4.25. The number of carboxylic acid groups (broad SMARTS) is 1. The van der Waals surface area contributed by atoms with Crippen LogP contribution < -0.4 is 0 Å². The highest BCUT2D eigenvalue weighted by Crippen LogP contribution is 2.03. The van der Waals surface area contributed by atoms with Gasteiger partial charge in [-0.05, 0) is 21.0 Å². The van der Waals surface area contributed by atoms with Gasteiger partial charge in [-0.1, -0.05) is 6.58 Å². The predicted octanol–water partition coefficient (Wildman–Crippen LogP) is -3.29.